The summed E-state index contributed by atoms with van der Waals surface area (Å²) in [6.45, 7) is 6.38. The van der Waals surface area contributed by atoms with Gasteiger partial charge in [0.2, 0.25) is 0 Å². The van der Waals surface area contributed by atoms with Crippen LogP contribution in [0.4, 0.5) is 0 Å². The second kappa shape index (κ2) is 4.56. The Bertz CT molecular complexity index is 332. The van der Waals surface area contributed by atoms with Crippen LogP contribution in [0.3, 0.4) is 0 Å². The summed E-state index contributed by atoms with van der Waals surface area (Å²) in [5, 5.41) is 0. The van der Waals surface area contributed by atoms with Gasteiger partial charge in [-0.3, -0.25) is 4.90 Å². The van der Waals surface area contributed by atoms with E-state index in [1.807, 2.05) is 0 Å². The zero-order valence-electron chi connectivity index (χ0n) is 10.3. The lowest BCUT2D eigenvalue weighted by atomic mass is 9.98. The van der Waals surface area contributed by atoms with Gasteiger partial charge in [-0.05, 0) is 38.8 Å². The summed E-state index contributed by atoms with van der Waals surface area (Å²) in [4.78, 5) is 2.56. The van der Waals surface area contributed by atoms with Crippen LogP contribution in [0.25, 0.3) is 0 Å². The molecule has 1 aliphatic rings. The Hall–Kier alpha value is -0.860. The van der Waals surface area contributed by atoms with Gasteiger partial charge >= 0.3 is 0 Å². The Balaban J connectivity index is 2.22. The summed E-state index contributed by atoms with van der Waals surface area (Å²) < 4.78 is 0. The first-order valence-corrected chi connectivity index (χ1v) is 6.17. The van der Waals surface area contributed by atoms with Crippen LogP contribution in [0.5, 0.6) is 0 Å². The number of nitrogens with zero attached hydrogens (tertiary/aromatic N) is 1. The van der Waals surface area contributed by atoms with Crippen molar-refractivity contribution in [1.82, 2.24) is 4.90 Å². The first kappa shape index (κ1) is 11.6. The first-order valence-electron chi connectivity index (χ1n) is 6.17. The van der Waals surface area contributed by atoms with Gasteiger partial charge in [-0.25, -0.2) is 0 Å². The maximum absolute atomic E-state index is 5.88. The molecular formula is C14H22N2. The zero-order chi connectivity index (χ0) is 11.6. The minimum atomic E-state index is 0.108. The second-order valence-corrected chi connectivity index (χ2v) is 5.28. The lowest BCUT2D eigenvalue weighted by molar-refractivity contribution is 0.112. The molecule has 2 nitrogen and oxygen atoms in total. The third-order valence-electron chi connectivity index (χ3n) is 3.71. The van der Waals surface area contributed by atoms with E-state index in [1.165, 1.54) is 24.9 Å². The molecule has 16 heavy (non-hydrogen) atoms. The molecular weight excluding hydrogens is 196 g/mol. The molecule has 1 unspecified atom stereocenters. The fraction of sp³-hybridized carbons (Fsp3) is 0.571. The molecule has 2 rings (SSSR count). The molecule has 2 heteroatoms. The smallest absolute Gasteiger partial charge is 0.0354 e. The van der Waals surface area contributed by atoms with Crippen molar-refractivity contribution >= 4 is 0 Å². The lowest BCUT2D eigenvalue weighted by Crippen LogP contribution is -2.48. The van der Waals surface area contributed by atoms with E-state index < -0.39 is 0 Å². The van der Waals surface area contributed by atoms with Crippen LogP contribution in [0.15, 0.2) is 30.3 Å². The molecule has 0 amide bonds. The molecule has 0 radical (unpaired) electrons. The summed E-state index contributed by atoms with van der Waals surface area (Å²) in [6, 6.07) is 11.4. The Labute approximate surface area is 98.4 Å². The SMILES string of the molecule is CC(C)(CN)N1CCCC1c1ccccc1. The first-order chi connectivity index (χ1) is 7.65. The quantitative estimate of drug-likeness (QED) is 0.845. The molecule has 1 aromatic carbocycles. The third kappa shape index (κ3) is 2.13. The van der Waals surface area contributed by atoms with Gasteiger partial charge in [0.15, 0.2) is 0 Å². The number of hydrogen-bond acceptors (Lipinski definition) is 2. The van der Waals surface area contributed by atoms with E-state index >= 15 is 0 Å². The van der Waals surface area contributed by atoms with Gasteiger partial charge in [-0.1, -0.05) is 30.3 Å². The van der Waals surface area contributed by atoms with Gasteiger partial charge < -0.3 is 5.73 Å². The molecule has 0 aromatic heterocycles. The van der Waals surface area contributed by atoms with Crippen molar-refractivity contribution in [3.63, 3.8) is 0 Å². The molecule has 0 bridgehead atoms. The van der Waals surface area contributed by atoms with Crippen molar-refractivity contribution in [2.75, 3.05) is 13.1 Å². The molecule has 1 saturated heterocycles. The van der Waals surface area contributed by atoms with Crippen LogP contribution < -0.4 is 5.73 Å². The lowest BCUT2D eigenvalue weighted by Gasteiger charge is -2.39. The minimum Gasteiger partial charge on any atom is -0.329 e. The van der Waals surface area contributed by atoms with Crippen molar-refractivity contribution in [3.05, 3.63) is 35.9 Å². The van der Waals surface area contributed by atoms with Crippen molar-refractivity contribution in [2.24, 2.45) is 5.73 Å². The van der Waals surface area contributed by atoms with Crippen LogP contribution in [0, 0.1) is 0 Å². The summed E-state index contributed by atoms with van der Waals surface area (Å²) in [7, 11) is 0. The van der Waals surface area contributed by atoms with E-state index in [2.05, 4.69) is 49.1 Å². The zero-order valence-corrected chi connectivity index (χ0v) is 10.3. The van der Waals surface area contributed by atoms with Gasteiger partial charge in [0.1, 0.15) is 0 Å². The molecule has 1 fully saturated rings. The van der Waals surface area contributed by atoms with Crippen molar-refractivity contribution in [3.8, 4) is 0 Å². The fourth-order valence-corrected chi connectivity index (χ4v) is 2.63. The highest BCUT2D eigenvalue weighted by molar-refractivity contribution is 5.20. The van der Waals surface area contributed by atoms with E-state index in [0.29, 0.717) is 6.04 Å². The maximum atomic E-state index is 5.88. The summed E-state index contributed by atoms with van der Waals surface area (Å²) in [6.07, 6.45) is 2.54. The molecule has 1 atom stereocenters. The van der Waals surface area contributed by atoms with E-state index in [1.54, 1.807) is 0 Å². The molecule has 0 saturated carbocycles. The minimum absolute atomic E-state index is 0.108. The number of nitrogens with two attached hydrogens (primary N) is 1. The normalized spacial score (nSPS) is 22.6. The van der Waals surface area contributed by atoms with E-state index in [-0.39, 0.29) is 5.54 Å². The number of likely N-dealkylation sites (tertiary alicyclic amines) is 1. The molecule has 1 aliphatic heterocycles. The van der Waals surface area contributed by atoms with Gasteiger partial charge in [0, 0.05) is 18.1 Å². The Kier molecular flexibility index (Phi) is 3.31. The van der Waals surface area contributed by atoms with Crippen molar-refractivity contribution < 1.29 is 0 Å². The highest BCUT2D eigenvalue weighted by Gasteiger charge is 2.35. The molecule has 2 N–H and O–H groups in total. The molecule has 0 aliphatic carbocycles. The van der Waals surface area contributed by atoms with E-state index in [4.69, 9.17) is 5.73 Å². The van der Waals surface area contributed by atoms with Gasteiger partial charge in [-0.15, -0.1) is 0 Å². The average molecular weight is 218 g/mol. The average Bonchev–Trinajstić information content (AvgIpc) is 2.80. The van der Waals surface area contributed by atoms with Crippen molar-refractivity contribution in [2.45, 2.75) is 38.3 Å². The third-order valence-corrected chi connectivity index (χ3v) is 3.71. The summed E-state index contributed by atoms with van der Waals surface area (Å²) in [5.41, 5.74) is 7.42. The number of rotatable bonds is 3. The topological polar surface area (TPSA) is 29.3 Å². The Morgan fingerprint density at radius 3 is 2.62 bits per heavy atom. The number of hydrogen-bond donors (Lipinski definition) is 1. The molecule has 0 spiro atoms. The van der Waals surface area contributed by atoms with Gasteiger partial charge in [0.05, 0.1) is 0 Å². The predicted molar refractivity (Wildman–Crippen MR) is 68.3 cm³/mol. The van der Waals surface area contributed by atoms with Crippen LogP contribution in [0.2, 0.25) is 0 Å². The highest BCUT2D eigenvalue weighted by Crippen LogP contribution is 2.36. The second-order valence-electron chi connectivity index (χ2n) is 5.28. The fourth-order valence-electron chi connectivity index (χ4n) is 2.63. The van der Waals surface area contributed by atoms with Crippen LogP contribution in [0.1, 0.15) is 38.3 Å². The highest BCUT2D eigenvalue weighted by atomic mass is 15.2. The Morgan fingerprint density at radius 1 is 1.31 bits per heavy atom. The molecule has 1 aromatic rings. The maximum Gasteiger partial charge on any atom is 0.0354 e. The van der Waals surface area contributed by atoms with Crippen LogP contribution in [-0.2, 0) is 0 Å². The van der Waals surface area contributed by atoms with Crippen LogP contribution in [-0.4, -0.2) is 23.5 Å². The van der Waals surface area contributed by atoms with Crippen molar-refractivity contribution in [1.29, 1.82) is 0 Å². The van der Waals surface area contributed by atoms with Gasteiger partial charge in [-0.2, -0.15) is 0 Å². The van der Waals surface area contributed by atoms with E-state index in [0.717, 1.165) is 6.54 Å². The Morgan fingerprint density at radius 2 is 2.00 bits per heavy atom. The predicted octanol–water partition coefficient (Wildman–Crippen LogP) is 2.56. The standard InChI is InChI=1S/C14H22N2/c1-14(2,11-15)16-10-6-9-13(16)12-7-4-3-5-8-12/h3-5,7-8,13H,6,9-11,15H2,1-2H3. The van der Waals surface area contributed by atoms with Crippen LogP contribution >= 0.6 is 0 Å². The monoisotopic (exact) mass is 218 g/mol. The molecule has 88 valence electrons. The van der Waals surface area contributed by atoms with Gasteiger partial charge in [0.25, 0.3) is 0 Å². The summed E-state index contributed by atoms with van der Waals surface area (Å²) >= 11 is 0. The van der Waals surface area contributed by atoms with E-state index in [9.17, 15) is 0 Å². The molecule has 1 heterocycles. The largest absolute Gasteiger partial charge is 0.329 e. The number of benzene rings is 1. The summed E-state index contributed by atoms with van der Waals surface area (Å²) in [5.74, 6) is 0.